The van der Waals surface area contributed by atoms with E-state index in [1.807, 2.05) is 19.9 Å². The molecule has 0 aliphatic carbocycles. The molecule has 2 aliphatic heterocycles. The number of primary amides is 2. The number of allylic oxidation sites excluding steroid dienone is 2. The van der Waals surface area contributed by atoms with Crippen LogP contribution in [0, 0.1) is 19.3 Å². The number of hydrogen-bond acceptors (Lipinski definition) is 14. The zero-order chi connectivity index (χ0) is 44.7. The fourth-order valence-electron chi connectivity index (χ4n) is 7.84. The molecule has 22 heteroatoms. The largest absolute Gasteiger partial charge is 0.490 e. The van der Waals surface area contributed by atoms with Crippen LogP contribution < -0.4 is 37.5 Å². The molecular formula is C41H45N13O9. The van der Waals surface area contributed by atoms with Crippen LogP contribution in [0.2, 0.25) is 0 Å². The number of nitrogens with one attached hydrogen (secondary N) is 2. The van der Waals surface area contributed by atoms with E-state index in [9.17, 15) is 24.0 Å². The van der Waals surface area contributed by atoms with Crippen LogP contribution in [0.3, 0.4) is 0 Å². The summed E-state index contributed by atoms with van der Waals surface area (Å²) in [4.78, 5) is 85.8. The first-order valence-corrected chi connectivity index (χ1v) is 20.0. The van der Waals surface area contributed by atoms with E-state index in [0.717, 1.165) is 0 Å². The molecule has 0 bridgehead atoms. The van der Waals surface area contributed by atoms with Crippen LogP contribution in [0.4, 0.5) is 11.9 Å². The maximum Gasteiger partial charge on any atom is 0.295 e. The highest BCUT2D eigenvalue weighted by molar-refractivity contribution is 6.05. The van der Waals surface area contributed by atoms with Crippen molar-refractivity contribution in [2.75, 3.05) is 43.5 Å². The van der Waals surface area contributed by atoms with Gasteiger partial charge < -0.3 is 39.4 Å². The van der Waals surface area contributed by atoms with Gasteiger partial charge in [0, 0.05) is 50.8 Å². The van der Waals surface area contributed by atoms with E-state index < -0.39 is 29.0 Å². The highest BCUT2D eigenvalue weighted by Crippen LogP contribution is 2.38. The van der Waals surface area contributed by atoms with Gasteiger partial charge in [0.1, 0.15) is 48.0 Å². The molecular weight excluding hydrogens is 819 g/mol. The Hall–Kier alpha value is -7.59. The molecule has 2 aromatic carbocycles. The molecule has 6 aromatic rings. The number of hydrogen-bond donors (Lipinski definition) is 5. The van der Waals surface area contributed by atoms with Crippen molar-refractivity contribution in [2.45, 2.75) is 53.8 Å². The second-order valence-corrected chi connectivity index (χ2v) is 15.4. The summed E-state index contributed by atoms with van der Waals surface area (Å²) in [7, 11) is 0. The van der Waals surface area contributed by atoms with E-state index in [0.29, 0.717) is 52.5 Å². The number of rotatable bonds is 10. The third kappa shape index (κ3) is 8.03. The number of benzene rings is 2. The molecule has 8 rings (SSSR count). The van der Waals surface area contributed by atoms with Crippen LogP contribution in [0.5, 0.6) is 11.5 Å². The van der Waals surface area contributed by atoms with E-state index in [4.69, 9.17) is 41.2 Å². The smallest absolute Gasteiger partial charge is 0.295 e. The number of carbonyl (C=O) groups is 5. The monoisotopic (exact) mass is 863 g/mol. The number of imidazole rings is 2. The van der Waals surface area contributed by atoms with Crippen LogP contribution in [0.25, 0.3) is 22.1 Å². The quantitative estimate of drug-likeness (QED) is 0.0975. The van der Waals surface area contributed by atoms with Gasteiger partial charge in [-0.05, 0) is 50.6 Å². The molecule has 1 saturated heterocycles. The lowest BCUT2D eigenvalue weighted by Gasteiger charge is -2.49. The number of anilines is 2. The molecule has 0 unspecified atom stereocenters. The van der Waals surface area contributed by atoms with Crippen molar-refractivity contribution in [1.29, 1.82) is 0 Å². The number of ether oxygens (including phenoxy) is 2. The van der Waals surface area contributed by atoms with Crippen molar-refractivity contribution in [3.63, 3.8) is 0 Å². The Kier molecular flexibility index (Phi) is 11.2. The van der Waals surface area contributed by atoms with E-state index in [-0.39, 0.29) is 97.7 Å². The molecule has 8 N–H and O–H groups in total. The first-order valence-electron chi connectivity index (χ1n) is 20.0. The zero-order valence-corrected chi connectivity index (χ0v) is 34.9. The number of oxazole rings is 1. The number of aromatic nitrogens is 7. The summed E-state index contributed by atoms with van der Waals surface area (Å²) >= 11 is 0. The number of carbonyl (C=O) groups excluding carboxylic acids is 5. The first-order chi connectivity index (χ1) is 30.2. The topological polar surface area (TPSA) is 298 Å². The van der Waals surface area contributed by atoms with Crippen molar-refractivity contribution < 1.29 is 42.7 Å². The molecule has 2 aliphatic rings. The molecule has 0 atom stereocenters. The van der Waals surface area contributed by atoms with Crippen molar-refractivity contribution in [2.24, 2.45) is 22.8 Å². The Morgan fingerprint density at radius 1 is 0.794 bits per heavy atom. The van der Waals surface area contributed by atoms with Crippen LogP contribution in [-0.4, -0.2) is 101 Å². The molecule has 0 radical (unpaired) electrons. The standard InChI is InChI=1S/C41H45N13O9/c1-5-25-34(63-22(4)45-25)38(59)49-40-47-27-13-24(36(43)57)15-30-33(27)53(40)10-8-7-9-52-32-26(46-39(52)48-37(58)28-11-21(3)50-54(28)6-2)12-23(35(42)56)14-29(32)60-19-41(20-61-30)17-51(18-41)31(55)16-62-44/h7-8,11-15H,5-6,9-10,16-20,44H2,1-4H3,(H2,42,56)(H2,43,57)(H,46,48,58)(H,47,49,59)/b8-7+. The summed E-state index contributed by atoms with van der Waals surface area (Å²) in [6.45, 7) is 7.57. The van der Waals surface area contributed by atoms with Gasteiger partial charge in [-0.25, -0.2) is 20.8 Å². The Morgan fingerprint density at radius 2 is 1.35 bits per heavy atom. The lowest BCUT2D eigenvalue weighted by atomic mass is 9.81. The third-order valence-electron chi connectivity index (χ3n) is 10.8. The Labute approximate surface area is 358 Å². The van der Waals surface area contributed by atoms with Gasteiger partial charge in [0.15, 0.2) is 5.89 Å². The minimum absolute atomic E-state index is 0.0249. The molecule has 4 aromatic heterocycles. The minimum atomic E-state index is -0.895. The average Bonchev–Trinajstić information content (AvgIpc) is 4.00. The second kappa shape index (κ2) is 16.7. The Morgan fingerprint density at radius 3 is 1.86 bits per heavy atom. The fraction of sp³-hybridized carbons (Fsp3) is 0.341. The molecule has 0 saturated carbocycles. The predicted octanol–water partition coefficient (Wildman–Crippen LogP) is 2.22. The number of likely N-dealkylation sites (tertiary alicyclic amines) is 1. The van der Waals surface area contributed by atoms with Crippen molar-refractivity contribution >= 4 is 63.5 Å². The van der Waals surface area contributed by atoms with E-state index in [1.165, 1.54) is 29.2 Å². The van der Waals surface area contributed by atoms with E-state index >= 15 is 0 Å². The lowest BCUT2D eigenvalue weighted by molar-refractivity contribution is -0.153. The molecule has 5 amide bonds. The van der Waals surface area contributed by atoms with E-state index in [1.54, 1.807) is 39.8 Å². The Bertz CT molecular complexity index is 2690. The summed E-state index contributed by atoms with van der Waals surface area (Å²) in [5.74, 6) is 3.30. The summed E-state index contributed by atoms with van der Waals surface area (Å²) in [5.41, 5.74) is 13.7. The van der Waals surface area contributed by atoms with Crippen molar-refractivity contribution in [3.8, 4) is 11.5 Å². The molecule has 63 heavy (non-hydrogen) atoms. The molecule has 22 nitrogen and oxygen atoms in total. The van der Waals surface area contributed by atoms with Gasteiger partial charge in [-0.1, -0.05) is 19.1 Å². The normalized spacial score (nSPS) is 15.2. The molecule has 1 spiro atoms. The summed E-state index contributed by atoms with van der Waals surface area (Å²) in [6.07, 6.45) is 4.05. The summed E-state index contributed by atoms with van der Waals surface area (Å²) in [5, 5.41) is 10.2. The van der Waals surface area contributed by atoms with Gasteiger partial charge in [-0.3, -0.25) is 44.1 Å². The van der Waals surface area contributed by atoms with Gasteiger partial charge in [-0.15, -0.1) is 0 Å². The first kappa shape index (κ1) is 42.1. The minimum Gasteiger partial charge on any atom is -0.490 e. The highest BCUT2D eigenvalue weighted by Gasteiger charge is 2.47. The predicted molar refractivity (Wildman–Crippen MR) is 225 cm³/mol. The van der Waals surface area contributed by atoms with Crippen LogP contribution >= 0.6 is 0 Å². The van der Waals surface area contributed by atoms with E-state index in [2.05, 4.69) is 25.6 Å². The molecule has 6 heterocycles. The van der Waals surface area contributed by atoms with Crippen molar-refractivity contribution in [3.05, 3.63) is 82.3 Å². The maximum absolute atomic E-state index is 13.8. The summed E-state index contributed by atoms with van der Waals surface area (Å²) < 4.78 is 23.8. The van der Waals surface area contributed by atoms with Crippen LogP contribution in [0.1, 0.15) is 72.9 Å². The second-order valence-electron chi connectivity index (χ2n) is 15.4. The average molecular weight is 864 g/mol. The number of aryl methyl sites for hydroxylation is 4. The fourth-order valence-corrected chi connectivity index (χ4v) is 7.84. The highest BCUT2D eigenvalue weighted by atomic mass is 16.6. The van der Waals surface area contributed by atoms with Gasteiger partial charge >= 0.3 is 0 Å². The zero-order valence-electron chi connectivity index (χ0n) is 34.9. The Balaban J connectivity index is 1.27. The summed E-state index contributed by atoms with van der Waals surface area (Å²) in [6, 6.07) is 7.66. The third-order valence-corrected chi connectivity index (χ3v) is 10.8. The lowest BCUT2D eigenvalue weighted by Crippen LogP contribution is -2.64. The maximum atomic E-state index is 13.8. The van der Waals surface area contributed by atoms with Crippen LogP contribution in [0.15, 0.2) is 46.9 Å². The van der Waals surface area contributed by atoms with Crippen LogP contribution in [-0.2, 0) is 35.7 Å². The SMILES string of the molecule is CCc1nc(C)oc1C(=O)Nc1nc2cc(C(N)=O)cc3c2n1C/C=C/Cn1c(NC(=O)c2cc(C)nn2CC)nc2cc(C(N)=O)cc(c21)OCC1(CO3)CN(C(=O)CON)C1. The van der Waals surface area contributed by atoms with Crippen molar-refractivity contribution in [1.82, 2.24) is 38.8 Å². The molecule has 1 fully saturated rings. The number of nitrogens with zero attached hydrogens (tertiary/aromatic N) is 8. The molecule has 328 valence electrons. The number of nitrogens with two attached hydrogens (primary N) is 3. The van der Waals surface area contributed by atoms with Gasteiger partial charge in [0.05, 0.1) is 27.8 Å². The van der Waals surface area contributed by atoms with Gasteiger partial charge in [-0.2, -0.15) is 5.10 Å². The van der Waals surface area contributed by atoms with Gasteiger partial charge in [0.2, 0.25) is 29.5 Å². The number of amides is 5. The van der Waals surface area contributed by atoms with Gasteiger partial charge in [0.25, 0.3) is 17.7 Å².